The number of halogens is 1. The van der Waals surface area contributed by atoms with E-state index in [1.54, 1.807) is 27.8 Å². The number of carbonyl (C=O) groups excluding carboxylic acids is 3. The van der Waals surface area contributed by atoms with Gasteiger partial charge in [-0.25, -0.2) is 0 Å². The molecule has 0 saturated carbocycles. The molecule has 4 aliphatic rings. The second-order valence-electron chi connectivity index (χ2n) is 19.1. The maximum absolute atomic E-state index is 16.6. The quantitative estimate of drug-likeness (QED) is 0.0328. The number of amides is 3. The number of benzene rings is 4. The minimum atomic E-state index is -3.51. The zero-order valence-corrected chi connectivity index (χ0v) is 41.5. The van der Waals surface area contributed by atoms with E-state index in [4.69, 9.17) is 14.2 Å². The molecule has 0 radical (unpaired) electrons. The average molecular weight is 966 g/mol. The van der Waals surface area contributed by atoms with Gasteiger partial charge in [-0.1, -0.05) is 19.1 Å². The van der Waals surface area contributed by atoms with Crippen molar-refractivity contribution in [1.29, 1.82) is 0 Å². The van der Waals surface area contributed by atoms with Crippen LogP contribution in [0.4, 0.5) is 32.5 Å². The third-order valence-electron chi connectivity index (χ3n) is 14.2. The molecule has 370 valence electrons. The van der Waals surface area contributed by atoms with Crippen LogP contribution < -0.4 is 34.8 Å². The molecular weight excluding hydrogens is 898 g/mol. The number of aliphatic hydroxyl groups is 3. The molecule has 1 saturated heterocycles. The van der Waals surface area contributed by atoms with Gasteiger partial charge in [-0.15, -0.1) is 0 Å². The smallest absolute Gasteiger partial charge is 0.264 e. The van der Waals surface area contributed by atoms with Gasteiger partial charge in [-0.2, -0.15) is 0 Å². The molecule has 0 aromatic heterocycles. The summed E-state index contributed by atoms with van der Waals surface area (Å²) in [6, 6.07) is 23.5. The number of fused-ring (bicyclic) bond motifs is 4. The van der Waals surface area contributed by atoms with Gasteiger partial charge in [0, 0.05) is 48.2 Å². The number of aliphatic hydroxyl groups excluding tert-OH is 3. The van der Waals surface area contributed by atoms with E-state index in [1.807, 2.05) is 99.6 Å². The van der Waals surface area contributed by atoms with Crippen LogP contribution in [0.1, 0.15) is 75.1 Å². The van der Waals surface area contributed by atoms with Crippen molar-refractivity contribution in [2.45, 2.75) is 115 Å². The van der Waals surface area contributed by atoms with Crippen LogP contribution in [0.15, 0.2) is 78.9 Å². The molecule has 3 amide bonds. The van der Waals surface area contributed by atoms with E-state index in [0.717, 1.165) is 34.5 Å². The number of nitrogens with one attached hydrogen (secondary N) is 2. The van der Waals surface area contributed by atoms with Gasteiger partial charge in [0.1, 0.15) is 11.5 Å². The van der Waals surface area contributed by atoms with Crippen LogP contribution in [0.5, 0.6) is 11.5 Å². The monoisotopic (exact) mass is 965 g/mol. The maximum atomic E-state index is 16.6. The minimum Gasteiger partial charge on any atom is -0.494 e. The van der Waals surface area contributed by atoms with Gasteiger partial charge in [-0.05, 0) is 168 Å². The molecule has 8 rings (SSSR count). The van der Waals surface area contributed by atoms with Gasteiger partial charge in [0.25, 0.3) is 5.91 Å². The van der Waals surface area contributed by atoms with Crippen LogP contribution >= 0.6 is 0 Å². The van der Waals surface area contributed by atoms with Gasteiger partial charge in [0.2, 0.25) is 20.2 Å². The van der Waals surface area contributed by atoms with Gasteiger partial charge in [0.15, 0.2) is 5.60 Å². The molecule has 69 heavy (non-hydrogen) atoms. The highest BCUT2D eigenvalue weighted by molar-refractivity contribution is 6.72. The normalized spacial score (nSPS) is 23.2. The standard InChI is InChI=1S/C53H68FN5O9Si/c1-6-66-40-17-20-45-36(28-40)30-43(55-23-8-10-25-60)50(63)58(45)38-14-12-35(13-15-38)33-57-47-19-16-39(32-42(47)53(52(57)65)34(3)49(69(4,5)54)48(68-53)22-27-62)59-46-21-18-41(67-7-2)29-37(46)31-44(51(59)64)56-24-9-11-26-61/h12-21,28-29,32,34,43-44,48-49,55-56,60-62H,6-11,22-27,30-31,33H2,1-5H3/t34-,43?,44?,48+,49-,53+/m1/s1. The van der Waals surface area contributed by atoms with E-state index >= 15 is 8.90 Å². The van der Waals surface area contributed by atoms with E-state index in [2.05, 4.69) is 10.6 Å². The first-order valence-corrected chi connectivity index (χ1v) is 27.7. The van der Waals surface area contributed by atoms with E-state index in [9.17, 15) is 24.9 Å². The third kappa shape index (κ3) is 9.81. The molecule has 5 N–H and O–H groups in total. The van der Waals surface area contributed by atoms with Crippen molar-refractivity contribution in [2.24, 2.45) is 5.92 Å². The Kier molecular flexibility index (Phi) is 15.6. The van der Waals surface area contributed by atoms with Crippen LogP contribution in [0.25, 0.3) is 0 Å². The molecule has 1 spiro atoms. The highest BCUT2D eigenvalue weighted by Crippen LogP contribution is 2.61. The summed E-state index contributed by atoms with van der Waals surface area (Å²) in [5, 5.41) is 35.8. The van der Waals surface area contributed by atoms with Crippen molar-refractivity contribution in [1.82, 2.24) is 10.6 Å². The summed E-state index contributed by atoms with van der Waals surface area (Å²) in [5.41, 5.74) is 4.18. The number of carbonyl (C=O) groups is 3. The summed E-state index contributed by atoms with van der Waals surface area (Å²) in [5.74, 6) is 0.179. The lowest BCUT2D eigenvalue weighted by molar-refractivity contribution is -0.146. The van der Waals surface area contributed by atoms with Crippen molar-refractivity contribution < 1.29 is 48.0 Å². The van der Waals surface area contributed by atoms with Gasteiger partial charge in [-0.3, -0.25) is 24.2 Å². The Balaban J connectivity index is 1.17. The summed E-state index contributed by atoms with van der Waals surface area (Å²) >= 11 is 0. The highest BCUT2D eigenvalue weighted by Gasteiger charge is 2.66. The summed E-state index contributed by atoms with van der Waals surface area (Å²) in [6.45, 7) is 11.1. The van der Waals surface area contributed by atoms with Crippen LogP contribution in [0.2, 0.25) is 18.6 Å². The van der Waals surface area contributed by atoms with Crippen molar-refractivity contribution in [3.05, 3.63) is 101 Å². The van der Waals surface area contributed by atoms with Crippen LogP contribution in [0, 0.1) is 5.92 Å². The molecular formula is C53H68FN5O9Si. The van der Waals surface area contributed by atoms with E-state index < -0.39 is 43.7 Å². The van der Waals surface area contributed by atoms with Crippen LogP contribution in [-0.2, 0) is 44.1 Å². The average Bonchev–Trinajstić information content (AvgIpc) is 3.75. The van der Waals surface area contributed by atoms with Crippen LogP contribution in [0.3, 0.4) is 0 Å². The van der Waals surface area contributed by atoms with Crippen molar-refractivity contribution in [3.63, 3.8) is 0 Å². The lowest BCUT2D eigenvalue weighted by Crippen LogP contribution is -2.49. The molecule has 0 bridgehead atoms. The first kappa shape index (κ1) is 50.2. The largest absolute Gasteiger partial charge is 0.494 e. The van der Waals surface area contributed by atoms with Gasteiger partial charge < -0.3 is 49.2 Å². The zero-order valence-electron chi connectivity index (χ0n) is 40.5. The topological polar surface area (TPSA) is 173 Å². The Morgan fingerprint density at radius 1 is 0.710 bits per heavy atom. The first-order chi connectivity index (χ1) is 33.3. The van der Waals surface area contributed by atoms with Crippen molar-refractivity contribution >= 4 is 54.6 Å². The molecule has 16 heteroatoms. The first-order valence-electron chi connectivity index (χ1n) is 24.7. The Hall–Kier alpha value is -5.20. The highest BCUT2D eigenvalue weighted by atomic mass is 28.4. The predicted molar refractivity (Wildman–Crippen MR) is 267 cm³/mol. The Bertz CT molecular complexity index is 2490. The molecule has 4 heterocycles. The van der Waals surface area contributed by atoms with Crippen molar-refractivity contribution in [3.8, 4) is 11.5 Å². The van der Waals surface area contributed by atoms with Gasteiger partial charge >= 0.3 is 0 Å². The van der Waals surface area contributed by atoms with Gasteiger partial charge in [0.05, 0.1) is 55.0 Å². The summed E-state index contributed by atoms with van der Waals surface area (Å²) in [7, 11) is -3.51. The molecule has 14 nitrogen and oxygen atoms in total. The molecule has 1 fully saturated rings. The van der Waals surface area contributed by atoms with Crippen molar-refractivity contribution in [2.75, 3.05) is 60.8 Å². The number of anilines is 5. The Labute approximate surface area is 405 Å². The number of rotatable bonds is 21. The lowest BCUT2D eigenvalue weighted by atomic mass is 9.82. The molecule has 0 aliphatic carbocycles. The maximum Gasteiger partial charge on any atom is 0.264 e. The Morgan fingerprint density at radius 2 is 1.23 bits per heavy atom. The number of nitrogens with zero attached hydrogens (tertiary/aromatic N) is 3. The SMILES string of the molecule is CCOc1ccc2c(c1)CC(NCCCCO)C(=O)N2c1ccc(CN2C(=O)[C@@]3(O[C@@H](CCO)[C@H]([Si](C)(C)F)[C@H]3C)c3cc(N4C(=O)C(NCCCCO)Cc5cc(OCC)ccc54)ccc32)cc1. The predicted octanol–water partition coefficient (Wildman–Crippen LogP) is 7.09. The summed E-state index contributed by atoms with van der Waals surface area (Å²) < 4.78 is 35.2. The minimum absolute atomic E-state index is 0.0601. The number of hydrogen-bond donors (Lipinski definition) is 5. The van der Waals surface area contributed by atoms with E-state index in [0.29, 0.717) is 92.5 Å². The fourth-order valence-corrected chi connectivity index (χ4v) is 13.6. The summed E-state index contributed by atoms with van der Waals surface area (Å²) in [4.78, 5) is 49.4. The molecule has 4 aromatic rings. The molecule has 2 unspecified atom stereocenters. The van der Waals surface area contributed by atoms with E-state index in [1.165, 1.54) is 0 Å². The lowest BCUT2D eigenvalue weighted by Gasteiger charge is -2.36. The third-order valence-corrected chi connectivity index (χ3v) is 16.7. The molecule has 4 aliphatic heterocycles. The fraction of sp³-hybridized carbons (Fsp3) is 0.491. The number of unbranched alkanes of at least 4 members (excludes halogenated alkanes) is 2. The fourth-order valence-electron chi connectivity index (χ4n) is 11.1. The molecule has 4 aromatic carbocycles. The second-order valence-corrected chi connectivity index (χ2v) is 22.9. The number of hydrogen-bond acceptors (Lipinski definition) is 11. The molecule has 6 atom stereocenters. The van der Waals surface area contributed by atoms with E-state index in [-0.39, 0.29) is 50.5 Å². The van der Waals surface area contributed by atoms with Crippen LogP contribution in [-0.4, -0.2) is 106 Å². The number of ether oxygens (including phenoxy) is 3. The Morgan fingerprint density at radius 3 is 1.74 bits per heavy atom. The summed E-state index contributed by atoms with van der Waals surface area (Å²) in [6.07, 6.45) is 3.02. The second kappa shape index (κ2) is 21.4. The zero-order chi connectivity index (χ0) is 49.0.